The molecule has 1 heterocycles. The second kappa shape index (κ2) is 6.75. The second-order valence-corrected chi connectivity index (χ2v) is 5.42. The van der Waals surface area contributed by atoms with E-state index in [1.165, 1.54) is 0 Å². The highest BCUT2D eigenvalue weighted by molar-refractivity contribution is 6.34. The lowest BCUT2D eigenvalue weighted by Crippen LogP contribution is -2.02. The fourth-order valence-electron chi connectivity index (χ4n) is 2.43. The third-order valence-corrected chi connectivity index (χ3v) is 3.90. The summed E-state index contributed by atoms with van der Waals surface area (Å²) in [6.07, 6.45) is 0. The van der Waals surface area contributed by atoms with Gasteiger partial charge < -0.3 is 14.8 Å². The van der Waals surface area contributed by atoms with Crippen molar-refractivity contribution in [1.82, 2.24) is 4.98 Å². The molecule has 0 aliphatic carbocycles. The Morgan fingerprint density at radius 3 is 2.57 bits per heavy atom. The van der Waals surface area contributed by atoms with Gasteiger partial charge in [0, 0.05) is 11.9 Å². The molecule has 0 bridgehead atoms. The Balaban J connectivity index is 1.80. The predicted molar refractivity (Wildman–Crippen MR) is 93.6 cm³/mol. The van der Waals surface area contributed by atoms with E-state index in [4.69, 9.17) is 21.1 Å². The van der Waals surface area contributed by atoms with Crippen molar-refractivity contribution in [1.29, 1.82) is 0 Å². The van der Waals surface area contributed by atoms with Crippen LogP contribution in [0.15, 0.2) is 48.5 Å². The number of rotatable bonds is 5. The molecule has 0 aliphatic heterocycles. The highest BCUT2D eigenvalue weighted by Gasteiger charge is 2.06. The number of hydrogen-bond donors (Lipinski definition) is 1. The van der Waals surface area contributed by atoms with Crippen molar-refractivity contribution in [3.63, 3.8) is 0 Å². The summed E-state index contributed by atoms with van der Waals surface area (Å²) in [5.41, 5.74) is 1.06. The number of nitrogens with zero attached hydrogens (tertiary/aromatic N) is 1. The van der Waals surface area contributed by atoms with Crippen LogP contribution in [0.4, 0.5) is 5.82 Å². The van der Waals surface area contributed by atoms with Crippen molar-refractivity contribution in [2.75, 3.05) is 19.5 Å². The summed E-state index contributed by atoms with van der Waals surface area (Å²) in [5.74, 6) is 2.16. The fraction of sp³-hybridized carbons (Fsp3) is 0.167. The number of anilines is 1. The average molecular weight is 329 g/mol. The van der Waals surface area contributed by atoms with Crippen LogP contribution in [0.25, 0.3) is 10.8 Å². The van der Waals surface area contributed by atoms with Crippen molar-refractivity contribution >= 4 is 28.2 Å². The van der Waals surface area contributed by atoms with E-state index < -0.39 is 0 Å². The summed E-state index contributed by atoms with van der Waals surface area (Å²) in [7, 11) is 3.25. The normalized spacial score (nSPS) is 10.6. The number of fused-ring (bicyclic) bond motifs is 1. The first-order valence-electron chi connectivity index (χ1n) is 7.21. The van der Waals surface area contributed by atoms with Gasteiger partial charge in [0.05, 0.1) is 14.2 Å². The van der Waals surface area contributed by atoms with E-state index >= 15 is 0 Å². The van der Waals surface area contributed by atoms with Gasteiger partial charge >= 0.3 is 0 Å². The van der Waals surface area contributed by atoms with Crippen molar-refractivity contribution in [2.45, 2.75) is 6.54 Å². The predicted octanol–water partition coefficient (Wildman–Crippen LogP) is 4.52. The Morgan fingerprint density at radius 2 is 1.78 bits per heavy atom. The largest absolute Gasteiger partial charge is 0.493 e. The number of methoxy groups -OCH3 is 2. The first kappa shape index (κ1) is 15.4. The monoisotopic (exact) mass is 328 g/mol. The standard InChI is InChI=1S/C18H17ClN2O2/c1-22-15-8-7-12(9-16(15)23-2)11-20-17-10-13-5-3-4-6-14(13)18(19)21-17/h3-10H,11H2,1-2H3,(H,20,21). The molecule has 1 aromatic heterocycles. The summed E-state index contributed by atoms with van der Waals surface area (Å²) in [6.45, 7) is 0.613. The first-order chi connectivity index (χ1) is 11.2. The summed E-state index contributed by atoms with van der Waals surface area (Å²) in [4.78, 5) is 4.39. The van der Waals surface area contributed by atoms with E-state index in [1.54, 1.807) is 14.2 Å². The third-order valence-electron chi connectivity index (χ3n) is 3.62. The molecule has 0 saturated heterocycles. The van der Waals surface area contributed by atoms with E-state index in [1.807, 2.05) is 48.5 Å². The van der Waals surface area contributed by atoms with Crippen molar-refractivity contribution in [3.05, 3.63) is 59.2 Å². The van der Waals surface area contributed by atoms with Crippen LogP contribution in [0, 0.1) is 0 Å². The molecule has 4 nitrogen and oxygen atoms in total. The molecule has 0 unspecified atom stereocenters. The Bertz CT molecular complexity index is 836. The molecule has 1 N–H and O–H groups in total. The minimum Gasteiger partial charge on any atom is -0.493 e. The van der Waals surface area contributed by atoms with Crippen molar-refractivity contribution in [2.24, 2.45) is 0 Å². The Morgan fingerprint density at radius 1 is 1.00 bits per heavy atom. The van der Waals surface area contributed by atoms with E-state index in [0.717, 1.165) is 22.2 Å². The van der Waals surface area contributed by atoms with Crippen molar-refractivity contribution < 1.29 is 9.47 Å². The molecule has 0 saturated carbocycles. The number of nitrogens with one attached hydrogen (secondary N) is 1. The van der Waals surface area contributed by atoms with Crippen LogP contribution >= 0.6 is 11.6 Å². The summed E-state index contributed by atoms with van der Waals surface area (Å²) in [5, 5.41) is 5.80. The summed E-state index contributed by atoms with van der Waals surface area (Å²) in [6, 6.07) is 15.7. The van der Waals surface area contributed by atoms with E-state index in [0.29, 0.717) is 23.2 Å². The molecule has 3 aromatic rings. The smallest absolute Gasteiger partial charge is 0.161 e. The zero-order chi connectivity index (χ0) is 16.2. The molecule has 23 heavy (non-hydrogen) atoms. The molecule has 5 heteroatoms. The number of ether oxygens (including phenoxy) is 2. The maximum absolute atomic E-state index is 6.24. The molecular formula is C18H17ClN2O2. The fourth-order valence-corrected chi connectivity index (χ4v) is 2.69. The minimum atomic E-state index is 0.498. The minimum absolute atomic E-state index is 0.498. The van der Waals surface area contributed by atoms with Gasteiger partial charge in [0.1, 0.15) is 11.0 Å². The molecule has 2 aromatic carbocycles. The second-order valence-electron chi connectivity index (χ2n) is 5.06. The van der Waals surface area contributed by atoms with Gasteiger partial charge in [-0.1, -0.05) is 41.9 Å². The molecule has 0 spiro atoms. The maximum atomic E-state index is 6.24. The first-order valence-corrected chi connectivity index (χ1v) is 7.59. The number of hydrogen-bond acceptors (Lipinski definition) is 4. The summed E-state index contributed by atoms with van der Waals surface area (Å²) < 4.78 is 10.6. The van der Waals surface area contributed by atoms with E-state index in [2.05, 4.69) is 10.3 Å². The lowest BCUT2D eigenvalue weighted by molar-refractivity contribution is 0.354. The number of halogens is 1. The van der Waals surface area contributed by atoms with Crippen LogP contribution in [0.3, 0.4) is 0 Å². The van der Waals surface area contributed by atoms with Gasteiger partial charge in [0.15, 0.2) is 11.5 Å². The van der Waals surface area contributed by atoms with Gasteiger partial charge in [-0.05, 0) is 29.1 Å². The van der Waals surface area contributed by atoms with Crippen LogP contribution in [-0.4, -0.2) is 19.2 Å². The molecule has 0 aliphatic rings. The van der Waals surface area contributed by atoms with Crippen molar-refractivity contribution in [3.8, 4) is 11.5 Å². The number of benzene rings is 2. The van der Waals surface area contributed by atoms with Crippen LogP contribution in [-0.2, 0) is 6.54 Å². The Kier molecular flexibility index (Phi) is 4.53. The molecular weight excluding hydrogens is 312 g/mol. The maximum Gasteiger partial charge on any atom is 0.161 e. The molecule has 0 amide bonds. The quantitative estimate of drug-likeness (QED) is 0.699. The number of pyridine rings is 1. The summed E-state index contributed by atoms with van der Waals surface area (Å²) >= 11 is 6.24. The van der Waals surface area contributed by atoms with Gasteiger partial charge in [-0.3, -0.25) is 0 Å². The van der Waals surface area contributed by atoms with Crippen LogP contribution in [0.5, 0.6) is 11.5 Å². The zero-order valence-corrected chi connectivity index (χ0v) is 13.7. The highest BCUT2D eigenvalue weighted by Crippen LogP contribution is 2.28. The lowest BCUT2D eigenvalue weighted by atomic mass is 10.1. The number of aromatic nitrogens is 1. The van der Waals surface area contributed by atoms with E-state index in [-0.39, 0.29) is 0 Å². The van der Waals surface area contributed by atoms with Gasteiger partial charge in [-0.25, -0.2) is 4.98 Å². The van der Waals surface area contributed by atoms with Gasteiger partial charge in [-0.15, -0.1) is 0 Å². The third kappa shape index (κ3) is 3.32. The van der Waals surface area contributed by atoms with Crippen LogP contribution in [0.2, 0.25) is 5.15 Å². The molecule has 0 atom stereocenters. The Hall–Kier alpha value is -2.46. The van der Waals surface area contributed by atoms with Gasteiger partial charge in [-0.2, -0.15) is 0 Å². The SMILES string of the molecule is COc1ccc(CNc2cc3ccccc3c(Cl)n2)cc1OC. The topological polar surface area (TPSA) is 43.4 Å². The molecule has 3 rings (SSSR count). The molecule has 0 radical (unpaired) electrons. The van der Waals surface area contributed by atoms with Crippen LogP contribution < -0.4 is 14.8 Å². The Labute approximate surface area is 140 Å². The average Bonchev–Trinajstić information content (AvgIpc) is 2.59. The van der Waals surface area contributed by atoms with Gasteiger partial charge in [0.2, 0.25) is 0 Å². The molecule has 0 fully saturated rings. The highest BCUT2D eigenvalue weighted by atomic mass is 35.5. The molecule has 118 valence electrons. The zero-order valence-electron chi connectivity index (χ0n) is 13.0. The van der Waals surface area contributed by atoms with Crippen LogP contribution in [0.1, 0.15) is 5.56 Å². The van der Waals surface area contributed by atoms with Gasteiger partial charge in [0.25, 0.3) is 0 Å². The van der Waals surface area contributed by atoms with E-state index in [9.17, 15) is 0 Å². The lowest BCUT2D eigenvalue weighted by Gasteiger charge is -2.11.